The average molecular weight is 222 g/mol. The van der Waals surface area contributed by atoms with Crippen LogP contribution in [-0.4, -0.2) is 22.1 Å². The lowest BCUT2D eigenvalue weighted by Crippen LogP contribution is -2.25. The van der Waals surface area contributed by atoms with Gasteiger partial charge in [0.2, 0.25) is 0 Å². The zero-order valence-corrected chi connectivity index (χ0v) is 9.73. The Bertz CT molecular complexity index is 335. The Labute approximate surface area is 95.7 Å². The van der Waals surface area contributed by atoms with Crippen molar-refractivity contribution in [3.63, 3.8) is 0 Å². The van der Waals surface area contributed by atoms with E-state index in [9.17, 15) is 4.79 Å². The van der Waals surface area contributed by atoms with E-state index in [1.54, 1.807) is 12.1 Å². The molecule has 0 aliphatic rings. The van der Waals surface area contributed by atoms with E-state index in [2.05, 4.69) is 24.1 Å². The Morgan fingerprint density at radius 2 is 2.31 bits per heavy atom. The van der Waals surface area contributed by atoms with Gasteiger partial charge in [0.1, 0.15) is 0 Å². The third-order valence-corrected chi connectivity index (χ3v) is 2.43. The van der Waals surface area contributed by atoms with Gasteiger partial charge in [0, 0.05) is 18.8 Å². The Kier molecular flexibility index (Phi) is 4.92. The highest BCUT2D eigenvalue weighted by molar-refractivity contribution is 5.87. The molecule has 2 N–H and O–H groups in total. The van der Waals surface area contributed by atoms with Gasteiger partial charge in [-0.15, -0.1) is 0 Å². The zero-order valence-electron chi connectivity index (χ0n) is 9.73. The fourth-order valence-electron chi connectivity index (χ4n) is 1.47. The molecule has 0 amide bonds. The summed E-state index contributed by atoms with van der Waals surface area (Å²) in [6.45, 7) is 4.97. The second kappa shape index (κ2) is 6.23. The molecule has 0 fully saturated rings. The zero-order chi connectivity index (χ0) is 12.0. The summed E-state index contributed by atoms with van der Waals surface area (Å²) in [6, 6.07) is 3.79. The lowest BCUT2D eigenvalue weighted by Gasteiger charge is -2.11. The monoisotopic (exact) mass is 222 g/mol. The van der Waals surface area contributed by atoms with Crippen LogP contribution in [0.2, 0.25) is 0 Å². The van der Waals surface area contributed by atoms with Crippen molar-refractivity contribution in [1.29, 1.82) is 0 Å². The van der Waals surface area contributed by atoms with E-state index in [1.165, 1.54) is 6.20 Å². The Hall–Kier alpha value is -1.42. The number of carboxylic acids is 1. The van der Waals surface area contributed by atoms with Crippen LogP contribution in [0.3, 0.4) is 0 Å². The van der Waals surface area contributed by atoms with Crippen LogP contribution in [0.25, 0.3) is 0 Å². The van der Waals surface area contributed by atoms with Crippen LogP contribution in [0.5, 0.6) is 0 Å². The van der Waals surface area contributed by atoms with Crippen molar-refractivity contribution in [2.75, 3.05) is 0 Å². The third-order valence-electron chi connectivity index (χ3n) is 2.43. The number of rotatable bonds is 6. The molecule has 0 aromatic carbocycles. The lowest BCUT2D eigenvalue weighted by molar-refractivity contribution is 0.0696. The normalized spacial score (nSPS) is 12.4. The maximum atomic E-state index is 10.6. The Balaban J connectivity index is 2.46. The molecule has 0 spiro atoms. The van der Waals surface area contributed by atoms with Crippen molar-refractivity contribution >= 4 is 5.97 Å². The minimum atomic E-state index is -0.939. The maximum absolute atomic E-state index is 10.6. The summed E-state index contributed by atoms with van der Waals surface area (Å²) in [4.78, 5) is 14.7. The molecule has 16 heavy (non-hydrogen) atoms. The summed E-state index contributed by atoms with van der Waals surface area (Å²) in [5, 5.41) is 12.0. The summed E-state index contributed by atoms with van der Waals surface area (Å²) in [5.41, 5.74) is 1.10. The SMILES string of the molecule is CCCC(C)NCc1ccc(C(=O)O)cn1. The summed E-state index contributed by atoms with van der Waals surface area (Å²) in [7, 11) is 0. The number of carboxylic acid groups (broad SMARTS) is 1. The number of aromatic nitrogens is 1. The Morgan fingerprint density at radius 3 is 2.81 bits per heavy atom. The minimum Gasteiger partial charge on any atom is -0.478 e. The molecule has 88 valence electrons. The molecule has 1 aromatic rings. The van der Waals surface area contributed by atoms with E-state index < -0.39 is 5.97 Å². The fraction of sp³-hybridized carbons (Fsp3) is 0.500. The first-order valence-electron chi connectivity index (χ1n) is 5.55. The molecule has 0 aliphatic carbocycles. The van der Waals surface area contributed by atoms with E-state index in [0.29, 0.717) is 12.6 Å². The summed E-state index contributed by atoms with van der Waals surface area (Å²) < 4.78 is 0. The molecule has 0 saturated heterocycles. The smallest absolute Gasteiger partial charge is 0.337 e. The molecule has 0 aliphatic heterocycles. The van der Waals surface area contributed by atoms with Gasteiger partial charge >= 0.3 is 5.97 Å². The van der Waals surface area contributed by atoms with Crippen molar-refractivity contribution < 1.29 is 9.90 Å². The molecule has 4 heteroatoms. The Morgan fingerprint density at radius 1 is 1.56 bits per heavy atom. The van der Waals surface area contributed by atoms with Crippen molar-refractivity contribution in [1.82, 2.24) is 10.3 Å². The fourth-order valence-corrected chi connectivity index (χ4v) is 1.47. The molecule has 1 unspecified atom stereocenters. The molecule has 0 saturated carbocycles. The molecule has 4 nitrogen and oxygen atoms in total. The number of pyridine rings is 1. The standard InChI is InChI=1S/C12H18N2O2/c1-3-4-9(2)13-8-11-6-5-10(7-14-11)12(15)16/h5-7,9,13H,3-4,8H2,1-2H3,(H,15,16). The molecule has 0 bridgehead atoms. The second-order valence-corrected chi connectivity index (χ2v) is 3.91. The highest BCUT2D eigenvalue weighted by Crippen LogP contribution is 2.02. The highest BCUT2D eigenvalue weighted by atomic mass is 16.4. The van der Waals surface area contributed by atoms with Gasteiger partial charge in [0.05, 0.1) is 11.3 Å². The van der Waals surface area contributed by atoms with Crippen LogP contribution in [-0.2, 0) is 6.54 Å². The van der Waals surface area contributed by atoms with E-state index in [0.717, 1.165) is 18.5 Å². The first-order valence-corrected chi connectivity index (χ1v) is 5.55. The number of aromatic carboxylic acids is 1. The van der Waals surface area contributed by atoms with Crippen molar-refractivity contribution in [3.05, 3.63) is 29.6 Å². The van der Waals surface area contributed by atoms with Gasteiger partial charge in [-0.3, -0.25) is 4.98 Å². The predicted molar refractivity (Wildman–Crippen MR) is 62.4 cm³/mol. The van der Waals surface area contributed by atoms with E-state index in [-0.39, 0.29) is 5.56 Å². The van der Waals surface area contributed by atoms with Gasteiger partial charge in [-0.25, -0.2) is 4.79 Å². The quantitative estimate of drug-likeness (QED) is 0.773. The largest absolute Gasteiger partial charge is 0.478 e. The number of carbonyl (C=O) groups is 1. The first kappa shape index (κ1) is 12.6. The van der Waals surface area contributed by atoms with Crippen LogP contribution in [0, 0.1) is 0 Å². The van der Waals surface area contributed by atoms with Crippen LogP contribution >= 0.6 is 0 Å². The number of hydrogen-bond acceptors (Lipinski definition) is 3. The van der Waals surface area contributed by atoms with Crippen molar-refractivity contribution in [2.45, 2.75) is 39.3 Å². The number of hydrogen-bond donors (Lipinski definition) is 2. The average Bonchev–Trinajstić information content (AvgIpc) is 2.27. The van der Waals surface area contributed by atoms with Crippen LogP contribution < -0.4 is 5.32 Å². The van der Waals surface area contributed by atoms with Gasteiger partial charge in [-0.1, -0.05) is 13.3 Å². The van der Waals surface area contributed by atoms with Crippen LogP contribution in [0.1, 0.15) is 42.7 Å². The van der Waals surface area contributed by atoms with Gasteiger partial charge in [-0.2, -0.15) is 0 Å². The second-order valence-electron chi connectivity index (χ2n) is 3.91. The predicted octanol–water partition coefficient (Wildman–Crippen LogP) is 2.06. The van der Waals surface area contributed by atoms with Gasteiger partial charge in [0.25, 0.3) is 0 Å². The molecular weight excluding hydrogens is 204 g/mol. The van der Waals surface area contributed by atoms with Crippen molar-refractivity contribution in [2.24, 2.45) is 0 Å². The van der Waals surface area contributed by atoms with E-state index in [4.69, 9.17) is 5.11 Å². The first-order chi connectivity index (χ1) is 7.63. The molecular formula is C12H18N2O2. The lowest BCUT2D eigenvalue weighted by atomic mass is 10.2. The van der Waals surface area contributed by atoms with Crippen LogP contribution in [0.4, 0.5) is 0 Å². The van der Waals surface area contributed by atoms with Crippen molar-refractivity contribution in [3.8, 4) is 0 Å². The maximum Gasteiger partial charge on any atom is 0.337 e. The molecule has 1 aromatic heterocycles. The van der Waals surface area contributed by atoms with E-state index >= 15 is 0 Å². The minimum absolute atomic E-state index is 0.227. The molecule has 1 rings (SSSR count). The molecule has 0 radical (unpaired) electrons. The molecule has 1 atom stereocenters. The summed E-state index contributed by atoms with van der Waals surface area (Å²) in [5.74, 6) is -0.939. The van der Waals surface area contributed by atoms with Gasteiger partial charge in [-0.05, 0) is 25.5 Å². The highest BCUT2D eigenvalue weighted by Gasteiger charge is 2.04. The number of nitrogens with zero attached hydrogens (tertiary/aromatic N) is 1. The molecule has 1 heterocycles. The summed E-state index contributed by atoms with van der Waals surface area (Å²) >= 11 is 0. The topological polar surface area (TPSA) is 62.2 Å². The van der Waals surface area contributed by atoms with Gasteiger partial charge < -0.3 is 10.4 Å². The summed E-state index contributed by atoms with van der Waals surface area (Å²) in [6.07, 6.45) is 3.68. The van der Waals surface area contributed by atoms with Gasteiger partial charge in [0.15, 0.2) is 0 Å². The van der Waals surface area contributed by atoms with Crippen LogP contribution in [0.15, 0.2) is 18.3 Å². The van der Waals surface area contributed by atoms with E-state index in [1.807, 2.05) is 0 Å². The number of nitrogens with one attached hydrogen (secondary N) is 1. The third kappa shape index (κ3) is 3.98.